The third-order valence-corrected chi connectivity index (χ3v) is 10.8. The first-order chi connectivity index (χ1) is 27.2. The number of carboxylic acids is 1. The van der Waals surface area contributed by atoms with E-state index in [9.17, 15) is 29.4 Å². The second-order valence-corrected chi connectivity index (χ2v) is 14.7. The minimum Gasteiger partial charge on any atom is -0.478 e. The number of benzene rings is 5. The van der Waals surface area contributed by atoms with Crippen molar-refractivity contribution in [2.24, 2.45) is 0 Å². The molecule has 0 aliphatic carbocycles. The van der Waals surface area contributed by atoms with Gasteiger partial charge in [0.05, 0.1) is 37.3 Å². The maximum Gasteiger partial charge on any atom is 0.408 e. The summed E-state index contributed by atoms with van der Waals surface area (Å²) in [6, 6.07) is 38.1. The predicted octanol–water partition coefficient (Wildman–Crippen LogP) is 7.44. The van der Waals surface area contributed by atoms with E-state index < -0.39 is 30.3 Å². The molecule has 7 rings (SSSR count). The molecule has 2 aliphatic heterocycles. The largest absolute Gasteiger partial charge is 0.478 e. The monoisotopic (exact) mass is 772 g/mol. The number of hydrogen-bond donors (Lipinski definition) is 3. The highest BCUT2D eigenvalue weighted by Crippen LogP contribution is 2.40. The first-order valence-corrected chi connectivity index (χ1v) is 19.2. The number of imide groups is 1. The van der Waals surface area contributed by atoms with Crippen molar-refractivity contribution in [2.75, 3.05) is 5.75 Å². The Morgan fingerprint density at radius 2 is 1.50 bits per heavy atom. The zero-order chi connectivity index (χ0) is 39.0. The van der Waals surface area contributed by atoms with Gasteiger partial charge in [-0.2, -0.15) is 0 Å². The van der Waals surface area contributed by atoms with Crippen LogP contribution < -0.4 is 5.32 Å². The van der Waals surface area contributed by atoms with Crippen LogP contribution in [0.2, 0.25) is 0 Å². The highest BCUT2D eigenvalue weighted by atomic mass is 32.2. The van der Waals surface area contributed by atoms with Gasteiger partial charge in [-0.1, -0.05) is 91.0 Å². The lowest BCUT2D eigenvalue weighted by Gasteiger charge is -2.36. The van der Waals surface area contributed by atoms with Gasteiger partial charge in [0.1, 0.15) is 12.6 Å². The van der Waals surface area contributed by atoms with E-state index in [-0.39, 0.29) is 49.9 Å². The number of rotatable bonds is 13. The summed E-state index contributed by atoms with van der Waals surface area (Å²) in [6.07, 6.45) is -1.50. The van der Waals surface area contributed by atoms with Gasteiger partial charge in [0.25, 0.3) is 5.91 Å². The molecule has 1 unspecified atom stereocenters. The lowest BCUT2D eigenvalue weighted by Crippen LogP contribution is -2.41. The van der Waals surface area contributed by atoms with Crippen LogP contribution in [0.3, 0.4) is 0 Å². The maximum atomic E-state index is 13.2. The van der Waals surface area contributed by atoms with Crippen LogP contribution in [0.5, 0.6) is 0 Å². The van der Waals surface area contributed by atoms with Crippen LogP contribution in [0, 0.1) is 0 Å². The minimum absolute atomic E-state index is 0.0458. The average molecular weight is 773 g/mol. The van der Waals surface area contributed by atoms with E-state index in [1.54, 1.807) is 36.0 Å². The number of ether oxygens (including phenoxy) is 3. The minimum atomic E-state index is -1.00. The molecule has 5 aromatic carbocycles. The summed E-state index contributed by atoms with van der Waals surface area (Å²) in [6.45, 7) is 0.0381. The van der Waals surface area contributed by atoms with E-state index in [2.05, 4.69) is 5.32 Å². The first kappa shape index (κ1) is 38.5. The Bertz CT molecular complexity index is 2180. The molecule has 286 valence electrons. The molecule has 0 bridgehead atoms. The summed E-state index contributed by atoms with van der Waals surface area (Å²) in [5.74, 6) is -1.23. The predicted molar refractivity (Wildman–Crippen MR) is 208 cm³/mol. The molecule has 2 fully saturated rings. The molecule has 0 spiro atoms. The summed E-state index contributed by atoms with van der Waals surface area (Å²) in [7, 11) is 0. The molecule has 0 saturated carbocycles. The van der Waals surface area contributed by atoms with Gasteiger partial charge in [0, 0.05) is 22.6 Å². The van der Waals surface area contributed by atoms with Gasteiger partial charge in [0.2, 0.25) is 5.91 Å². The summed E-state index contributed by atoms with van der Waals surface area (Å²) in [5, 5.41) is 21.4. The number of carbonyl (C=O) groups excluding carboxylic acids is 3. The lowest BCUT2D eigenvalue weighted by atomic mass is 9.99. The molecule has 0 aromatic heterocycles. The Labute approximate surface area is 328 Å². The number of aliphatic hydroxyl groups excluding tert-OH is 1. The number of hydrogen-bond acceptors (Lipinski definition) is 9. The van der Waals surface area contributed by atoms with Gasteiger partial charge >= 0.3 is 12.1 Å². The SMILES string of the molecule is O=C(NC1CC(=O)N(Cc2cccc(-c3cccc([C@H]4O[C@@H](CSc5ccc(C(=O)O)cc5)C[C@@H](c5ccc(CO)cc5)O4)c3)c2)C1=O)OCc1ccccc1. The number of alkyl carbamates (subject to hydrolysis) is 1. The maximum absolute atomic E-state index is 13.2. The topological polar surface area (TPSA) is 152 Å². The zero-order valence-corrected chi connectivity index (χ0v) is 31.1. The Balaban J connectivity index is 1.03. The quantitative estimate of drug-likeness (QED) is 0.0814. The van der Waals surface area contributed by atoms with Crippen LogP contribution in [-0.4, -0.2) is 56.9 Å². The van der Waals surface area contributed by atoms with E-state index in [4.69, 9.17) is 14.2 Å². The van der Waals surface area contributed by atoms with E-state index in [0.29, 0.717) is 12.2 Å². The molecule has 11 nitrogen and oxygen atoms in total. The number of thioether (sulfide) groups is 1. The first-order valence-electron chi connectivity index (χ1n) is 18.2. The molecular formula is C44H40N2O9S. The van der Waals surface area contributed by atoms with E-state index in [1.165, 1.54) is 0 Å². The van der Waals surface area contributed by atoms with Crippen molar-refractivity contribution in [1.29, 1.82) is 0 Å². The van der Waals surface area contributed by atoms with E-state index >= 15 is 0 Å². The number of amides is 3. The second kappa shape index (κ2) is 17.8. The molecule has 4 atom stereocenters. The molecule has 12 heteroatoms. The number of carbonyl (C=O) groups is 4. The van der Waals surface area contributed by atoms with Crippen molar-refractivity contribution in [3.8, 4) is 11.1 Å². The van der Waals surface area contributed by atoms with Crippen LogP contribution in [0.1, 0.15) is 63.4 Å². The fourth-order valence-electron chi connectivity index (χ4n) is 6.67. The van der Waals surface area contributed by atoms with Crippen molar-refractivity contribution in [3.63, 3.8) is 0 Å². The van der Waals surface area contributed by atoms with Gasteiger partial charge in [-0.15, -0.1) is 11.8 Å². The number of nitrogens with zero attached hydrogens (tertiary/aromatic N) is 1. The van der Waals surface area contributed by atoms with Crippen LogP contribution in [0.15, 0.2) is 132 Å². The van der Waals surface area contributed by atoms with Gasteiger partial charge in [-0.3, -0.25) is 14.5 Å². The molecule has 3 amide bonds. The molecule has 2 aliphatic rings. The summed E-state index contributed by atoms with van der Waals surface area (Å²) in [4.78, 5) is 52.0. The molecular weight excluding hydrogens is 733 g/mol. The fourth-order valence-corrected chi connectivity index (χ4v) is 7.59. The van der Waals surface area contributed by atoms with Crippen molar-refractivity contribution >= 4 is 35.6 Å². The molecule has 56 heavy (non-hydrogen) atoms. The number of likely N-dealkylation sites (tertiary alicyclic amines) is 1. The summed E-state index contributed by atoms with van der Waals surface area (Å²) < 4.78 is 18.4. The Morgan fingerprint density at radius 1 is 0.786 bits per heavy atom. The Morgan fingerprint density at radius 3 is 2.23 bits per heavy atom. The Kier molecular flexibility index (Phi) is 12.2. The molecule has 2 saturated heterocycles. The molecule has 0 radical (unpaired) electrons. The lowest BCUT2D eigenvalue weighted by molar-refractivity contribution is -0.245. The third kappa shape index (κ3) is 9.53. The van der Waals surface area contributed by atoms with Gasteiger partial charge in [-0.05, 0) is 69.8 Å². The van der Waals surface area contributed by atoms with Crippen LogP contribution in [-0.2, 0) is 43.6 Å². The standard InChI is InChI=1S/C44H40N2O9S/c47-25-28-12-14-31(15-13-28)39-22-36(27-56-37-18-16-32(17-19-37)42(50)51)54-43(55-39)35-11-5-10-34(21-35)33-9-4-8-30(20-33)24-46-40(48)23-38(41(46)49)45-44(52)53-26-29-6-2-1-3-7-29/h1-21,36,38-39,43,47H,22-27H2,(H,45,52)(H,50,51)/t36-,38?,39+,43+/m1/s1. The van der Waals surface area contributed by atoms with Crippen molar-refractivity contribution in [2.45, 2.75) is 62.0 Å². The number of aromatic carboxylic acids is 1. The average Bonchev–Trinajstić information content (AvgIpc) is 3.49. The van der Waals surface area contributed by atoms with E-state index in [0.717, 1.165) is 48.7 Å². The van der Waals surface area contributed by atoms with Gasteiger partial charge < -0.3 is 29.7 Å². The second-order valence-electron chi connectivity index (χ2n) is 13.6. The smallest absolute Gasteiger partial charge is 0.408 e. The van der Waals surface area contributed by atoms with Crippen molar-refractivity contribution in [3.05, 3.63) is 161 Å². The molecule has 2 heterocycles. The van der Waals surface area contributed by atoms with Gasteiger partial charge in [-0.25, -0.2) is 9.59 Å². The van der Waals surface area contributed by atoms with E-state index in [1.807, 2.05) is 103 Å². The van der Waals surface area contributed by atoms with Crippen molar-refractivity contribution in [1.82, 2.24) is 10.2 Å². The number of nitrogens with one attached hydrogen (secondary N) is 1. The highest BCUT2D eigenvalue weighted by molar-refractivity contribution is 7.99. The number of carboxylic acid groups (broad SMARTS) is 1. The van der Waals surface area contributed by atoms with Crippen LogP contribution >= 0.6 is 11.8 Å². The molecule has 5 aromatic rings. The normalized spacial score (nSPS) is 19.5. The Hall–Kier alpha value is -5.79. The summed E-state index contributed by atoms with van der Waals surface area (Å²) in [5.41, 5.74) is 6.11. The third-order valence-electron chi connectivity index (χ3n) is 9.66. The van der Waals surface area contributed by atoms with Crippen LogP contribution in [0.25, 0.3) is 11.1 Å². The van der Waals surface area contributed by atoms with Gasteiger partial charge in [0.15, 0.2) is 6.29 Å². The van der Waals surface area contributed by atoms with Crippen LogP contribution in [0.4, 0.5) is 4.79 Å². The fraction of sp³-hybridized carbons (Fsp3) is 0.227. The number of aliphatic hydroxyl groups is 1. The molecule has 3 N–H and O–H groups in total. The van der Waals surface area contributed by atoms with Crippen molar-refractivity contribution < 1.29 is 43.6 Å². The highest BCUT2D eigenvalue weighted by Gasteiger charge is 2.40. The zero-order valence-electron chi connectivity index (χ0n) is 30.3. The summed E-state index contributed by atoms with van der Waals surface area (Å²) >= 11 is 1.58.